The molecule has 1 atom stereocenters. The van der Waals surface area contributed by atoms with Crippen LogP contribution < -0.4 is 5.32 Å². The zero-order valence-corrected chi connectivity index (χ0v) is 8.96. The molecule has 1 unspecified atom stereocenters. The smallest absolute Gasteiger partial charge is 0.0636 e. The average Bonchev–Trinajstić information content (AvgIpc) is 2.18. The molecule has 0 aliphatic heterocycles. The molecule has 78 valence electrons. The monoisotopic (exact) mass is 193 g/mol. The number of aliphatic hydroxyl groups is 1. The van der Waals surface area contributed by atoms with Crippen molar-refractivity contribution in [1.82, 2.24) is 5.32 Å². The molecule has 0 aliphatic rings. The van der Waals surface area contributed by atoms with E-state index in [9.17, 15) is 0 Å². The third-order valence-electron chi connectivity index (χ3n) is 2.25. The molecule has 0 radical (unpaired) electrons. The maximum Gasteiger partial charge on any atom is 0.0636 e. The van der Waals surface area contributed by atoms with Crippen LogP contribution in [-0.4, -0.2) is 17.8 Å². The van der Waals surface area contributed by atoms with Gasteiger partial charge in [0.25, 0.3) is 0 Å². The highest BCUT2D eigenvalue weighted by atomic mass is 16.3. The number of benzene rings is 1. The second-order valence-corrected chi connectivity index (χ2v) is 3.60. The molecule has 1 rings (SSSR count). The van der Waals surface area contributed by atoms with Crippen LogP contribution >= 0.6 is 0 Å². The molecule has 2 nitrogen and oxygen atoms in total. The van der Waals surface area contributed by atoms with Crippen molar-refractivity contribution >= 4 is 0 Å². The number of rotatable bonds is 5. The lowest BCUT2D eigenvalue weighted by molar-refractivity contribution is 0.191. The Morgan fingerprint density at radius 2 is 1.93 bits per heavy atom. The molecule has 0 fully saturated rings. The number of aliphatic hydroxyl groups excluding tert-OH is 1. The Labute approximate surface area is 86.0 Å². The highest BCUT2D eigenvalue weighted by molar-refractivity contribution is 5.26. The summed E-state index contributed by atoms with van der Waals surface area (Å²) in [6.45, 7) is 5.44. The maximum atomic E-state index is 9.09. The van der Waals surface area contributed by atoms with Gasteiger partial charge in [-0.25, -0.2) is 0 Å². The first-order valence-electron chi connectivity index (χ1n) is 5.19. The molecule has 0 aromatic heterocycles. The number of nitrogens with one attached hydrogen (secondary N) is 1. The summed E-state index contributed by atoms with van der Waals surface area (Å²) in [5.41, 5.74) is 2.71. The Hall–Kier alpha value is -0.860. The lowest BCUT2D eigenvalue weighted by atomic mass is 10.1. The molecule has 0 heterocycles. The minimum absolute atomic E-state index is 0.274. The van der Waals surface area contributed by atoms with E-state index in [-0.39, 0.29) is 6.10 Å². The van der Waals surface area contributed by atoms with Gasteiger partial charge in [-0.15, -0.1) is 0 Å². The van der Waals surface area contributed by atoms with Gasteiger partial charge in [0, 0.05) is 13.1 Å². The van der Waals surface area contributed by atoms with E-state index < -0.39 is 0 Å². The summed E-state index contributed by atoms with van der Waals surface area (Å²) in [4.78, 5) is 0. The SMILES string of the molecule is CCc1ccccc1CNCC(C)O. The predicted octanol–water partition coefficient (Wildman–Crippen LogP) is 1.72. The molecule has 0 bridgehead atoms. The van der Waals surface area contributed by atoms with Crippen LogP contribution in [0.15, 0.2) is 24.3 Å². The lowest BCUT2D eigenvalue weighted by Gasteiger charge is -2.10. The van der Waals surface area contributed by atoms with Gasteiger partial charge in [-0.1, -0.05) is 31.2 Å². The molecular formula is C12H19NO. The Morgan fingerprint density at radius 3 is 2.50 bits per heavy atom. The highest BCUT2D eigenvalue weighted by Gasteiger charge is 1.99. The van der Waals surface area contributed by atoms with Crippen LogP contribution in [-0.2, 0) is 13.0 Å². The van der Waals surface area contributed by atoms with E-state index >= 15 is 0 Å². The molecule has 2 N–H and O–H groups in total. The van der Waals surface area contributed by atoms with E-state index in [0.29, 0.717) is 6.54 Å². The van der Waals surface area contributed by atoms with Gasteiger partial charge in [0.1, 0.15) is 0 Å². The van der Waals surface area contributed by atoms with Crippen molar-refractivity contribution in [2.45, 2.75) is 32.9 Å². The molecule has 2 heteroatoms. The molecule has 0 amide bonds. The largest absolute Gasteiger partial charge is 0.392 e. The van der Waals surface area contributed by atoms with Crippen LogP contribution in [0.1, 0.15) is 25.0 Å². The third kappa shape index (κ3) is 3.48. The van der Waals surface area contributed by atoms with E-state index in [1.807, 2.05) is 0 Å². The summed E-state index contributed by atoms with van der Waals surface area (Å²) < 4.78 is 0. The summed E-state index contributed by atoms with van der Waals surface area (Å²) >= 11 is 0. The van der Waals surface area contributed by atoms with E-state index in [1.54, 1.807) is 6.92 Å². The quantitative estimate of drug-likeness (QED) is 0.746. The van der Waals surface area contributed by atoms with Gasteiger partial charge in [-0.2, -0.15) is 0 Å². The zero-order chi connectivity index (χ0) is 10.4. The number of hydrogen-bond donors (Lipinski definition) is 2. The Balaban J connectivity index is 2.49. The summed E-state index contributed by atoms with van der Waals surface area (Å²) in [6, 6.07) is 8.41. The van der Waals surface area contributed by atoms with Crippen molar-refractivity contribution in [3.63, 3.8) is 0 Å². The van der Waals surface area contributed by atoms with Crippen LogP contribution in [0, 0.1) is 0 Å². The van der Waals surface area contributed by atoms with Gasteiger partial charge in [0.15, 0.2) is 0 Å². The van der Waals surface area contributed by atoms with Crippen molar-refractivity contribution in [1.29, 1.82) is 0 Å². The van der Waals surface area contributed by atoms with Crippen LogP contribution in [0.25, 0.3) is 0 Å². The minimum atomic E-state index is -0.274. The Kier molecular flexibility index (Phi) is 4.63. The first-order valence-corrected chi connectivity index (χ1v) is 5.19. The first-order chi connectivity index (χ1) is 6.74. The number of hydrogen-bond acceptors (Lipinski definition) is 2. The van der Waals surface area contributed by atoms with Gasteiger partial charge in [-0.3, -0.25) is 0 Å². The molecule has 0 aliphatic carbocycles. The zero-order valence-electron chi connectivity index (χ0n) is 8.96. The third-order valence-corrected chi connectivity index (χ3v) is 2.25. The molecular weight excluding hydrogens is 174 g/mol. The topological polar surface area (TPSA) is 32.3 Å². The summed E-state index contributed by atoms with van der Waals surface area (Å²) in [7, 11) is 0. The highest BCUT2D eigenvalue weighted by Crippen LogP contribution is 2.08. The van der Waals surface area contributed by atoms with Crippen LogP contribution in [0.3, 0.4) is 0 Å². The maximum absolute atomic E-state index is 9.09. The van der Waals surface area contributed by atoms with Crippen LogP contribution in [0.4, 0.5) is 0 Å². The van der Waals surface area contributed by atoms with Gasteiger partial charge in [0.2, 0.25) is 0 Å². The summed E-state index contributed by atoms with van der Waals surface area (Å²) in [5.74, 6) is 0. The fraction of sp³-hybridized carbons (Fsp3) is 0.500. The molecule has 14 heavy (non-hydrogen) atoms. The molecule has 0 spiro atoms. The average molecular weight is 193 g/mol. The van der Waals surface area contributed by atoms with E-state index in [0.717, 1.165) is 13.0 Å². The van der Waals surface area contributed by atoms with Crippen molar-refractivity contribution in [3.05, 3.63) is 35.4 Å². The standard InChI is InChI=1S/C12H19NO/c1-3-11-6-4-5-7-12(11)9-13-8-10(2)14/h4-7,10,13-14H,3,8-9H2,1-2H3. The summed E-state index contributed by atoms with van der Waals surface area (Å²) in [5, 5.41) is 12.3. The van der Waals surface area contributed by atoms with Crippen molar-refractivity contribution in [2.24, 2.45) is 0 Å². The van der Waals surface area contributed by atoms with Crippen molar-refractivity contribution in [2.75, 3.05) is 6.54 Å². The summed E-state index contributed by atoms with van der Waals surface area (Å²) in [6.07, 6.45) is 0.788. The van der Waals surface area contributed by atoms with E-state index in [4.69, 9.17) is 5.11 Å². The predicted molar refractivity (Wildman–Crippen MR) is 59.2 cm³/mol. The van der Waals surface area contributed by atoms with E-state index in [1.165, 1.54) is 11.1 Å². The second-order valence-electron chi connectivity index (χ2n) is 3.60. The molecule has 1 aromatic rings. The Morgan fingerprint density at radius 1 is 1.29 bits per heavy atom. The Bertz CT molecular complexity index is 271. The molecule has 0 saturated carbocycles. The van der Waals surface area contributed by atoms with Crippen molar-refractivity contribution < 1.29 is 5.11 Å². The lowest BCUT2D eigenvalue weighted by Crippen LogP contribution is -2.24. The van der Waals surface area contributed by atoms with Gasteiger partial charge in [0.05, 0.1) is 6.10 Å². The van der Waals surface area contributed by atoms with Crippen molar-refractivity contribution in [3.8, 4) is 0 Å². The molecule has 1 aromatic carbocycles. The van der Waals surface area contributed by atoms with Crippen LogP contribution in [0.2, 0.25) is 0 Å². The number of aryl methyl sites for hydroxylation is 1. The second kappa shape index (κ2) is 5.78. The van der Waals surface area contributed by atoms with Crippen LogP contribution in [0.5, 0.6) is 0 Å². The van der Waals surface area contributed by atoms with Gasteiger partial charge >= 0.3 is 0 Å². The fourth-order valence-corrected chi connectivity index (χ4v) is 1.49. The fourth-order valence-electron chi connectivity index (χ4n) is 1.49. The first kappa shape index (κ1) is 11.2. The molecule has 0 saturated heterocycles. The minimum Gasteiger partial charge on any atom is -0.392 e. The van der Waals surface area contributed by atoms with Gasteiger partial charge < -0.3 is 10.4 Å². The van der Waals surface area contributed by atoms with E-state index in [2.05, 4.69) is 36.5 Å². The normalized spacial score (nSPS) is 12.8. The van der Waals surface area contributed by atoms with Gasteiger partial charge in [-0.05, 0) is 24.5 Å².